The van der Waals surface area contributed by atoms with E-state index in [1.165, 1.54) is 36.4 Å². The maximum Gasteiger partial charge on any atom is 0.573 e. The number of hydrogen-bond acceptors (Lipinski definition) is 10. The first-order chi connectivity index (χ1) is 55.7. The monoisotopic (exact) mass is 1880 g/mol. The van der Waals surface area contributed by atoms with Crippen molar-refractivity contribution in [3.05, 3.63) is 339 Å². The molecular weight excluding hydrogens is 1820 g/mol. The summed E-state index contributed by atoms with van der Waals surface area (Å²) in [5.41, 5.74) is 4.03. The molecule has 0 saturated heterocycles. The van der Waals surface area contributed by atoms with E-state index >= 15 is 0 Å². The average molecular weight is 1880 g/mol. The van der Waals surface area contributed by atoms with Gasteiger partial charge >= 0.3 is 43.8 Å². The zero-order valence-electron chi connectivity index (χ0n) is 60.7. The SMILES string of the molecule is O=C(C=C(O)C(F)(F)F)C(F)(F)F.O=C(CC(=O)C(F)(F)F)C(F)(F)F.O=P(c1ccccc1)(c1ccccc1)c1ccccc1-c1ccc(OC(F)(F)F)cc1.O=P(c1ccccc1)(c1ccccc1)c1ccccc1-c1ccc(OC(F)(F)F)cc1.O=P(c1ccccc1)(c1ccccc1)c1ccccc1-c1ccc(OC(F)(F)F)cc1.[Eu]. The Bertz CT molecular complexity index is 4930. The number of ether oxygens (including phenoxy) is 3. The zero-order valence-corrected chi connectivity index (χ0v) is 65.8. The fourth-order valence-corrected chi connectivity index (χ4v) is 19.9. The summed E-state index contributed by atoms with van der Waals surface area (Å²) in [5.74, 6) is -11.6. The van der Waals surface area contributed by atoms with Gasteiger partial charge in [0, 0.05) is 103 Å². The van der Waals surface area contributed by atoms with Gasteiger partial charge in [-0.2, -0.15) is 52.7 Å². The number of allylic oxidation sites excluding steroid dienone is 2. The number of ketones is 3. The number of carbonyl (C=O) groups excluding carboxylic acids is 3. The van der Waals surface area contributed by atoms with Crippen LogP contribution in [0.3, 0.4) is 0 Å². The van der Waals surface area contributed by atoms with Crippen molar-refractivity contribution >= 4 is 86.5 Å². The smallest absolute Gasteiger partial charge is 0.504 e. The van der Waals surface area contributed by atoms with Crippen molar-refractivity contribution in [3.8, 4) is 50.6 Å². The van der Waals surface area contributed by atoms with E-state index in [0.29, 0.717) is 81.1 Å². The van der Waals surface area contributed by atoms with Crippen molar-refractivity contribution in [1.82, 2.24) is 0 Å². The average Bonchev–Trinajstić information content (AvgIpc) is 0.761. The first-order valence-corrected chi connectivity index (χ1v) is 39.2. The van der Waals surface area contributed by atoms with E-state index in [1.807, 2.05) is 255 Å². The summed E-state index contributed by atoms with van der Waals surface area (Å²) in [4.78, 5) is 29.6. The van der Waals surface area contributed by atoms with Gasteiger partial charge in [0.05, 0.1) is 6.42 Å². The normalized spacial score (nSPS) is 12.1. The number of Topliss-reactive ketones (excluding diaryl/α,β-unsaturated/α-hetero) is 2. The van der Waals surface area contributed by atoms with Crippen LogP contribution in [0.15, 0.2) is 339 Å². The molecule has 1 N–H and O–H groups in total. The fourth-order valence-electron chi connectivity index (χ4n) is 11.2. The Labute approximate surface area is 710 Å². The Balaban J connectivity index is 0.000000216. The van der Waals surface area contributed by atoms with E-state index in [0.717, 1.165) is 0 Å². The van der Waals surface area contributed by atoms with E-state index in [1.54, 1.807) is 36.4 Å². The summed E-state index contributed by atoms with van der Waals surface area (Å²) < 4.78 is 305. The van der Waals surface area contributed by atoms with Crippen LogP contribution in [0.5, 0.6) is 17.2 Å². The van der Waals surface area contributed by atoms with Crippen molar-refractivity contribution in [2.75, 3.05) is 0 Å². The third-order valence-corrected chi connectivity index (χ3v) is 25.8. The van der Waals surface area contributed by atoms with Gasteiger partial charge in [-0.05, 0) is 69.8 Å². The standard InChI is InChI=1S/3C25H18F3O2P.2C5H2F6O2.Eu/c3*26-25(27,28)30-20-17-15-19(16-18-20)23-13-7-8-14-24(23)31(29,21-9-3-1-4-10-21)22-11-5-2-6-12-22;2*6-4(7,8)2(12)1-3(13)5(9,10)11;/h3*1-18H;1H2;1,12H;. The van der Waals surface area contributed by atoms with E-state index < -0.39 is 101 Å². The first kappa shape index (κ1) is 96.5. The number of carbonyl (C=O) groups is 3. The molecule has 0 aliphatic rings. The van der Waals surface area contributed by atoms with Gasteiger partial charge < -0.3 is 33.0 Å². The van der Waals surface area contributed by atoms with Crippen LogP contribution in [0, 0.1) is 49.4 Å². The number of benzene rings is 12. The minimum absolute atomic E-state index is 0. The first-order valence-electron chi connectivity index (χ1n) is 34.0. The molecule has 627 valence electrons. The number of aliphatic hydroxyl groups excluding tert-OH is 1. The maximum atomic E-state index is 14.7. The van der Waals surface area contributed by atoms with Crippen LogP contribution >= 0.6 is 21.4 Å². The van der Waals surface area contributed by atoms with Crippen molar-refractivity contribution in [1.29, 1.82) is 0 Å². The molecule has 0 fully saturated rings. The van der Waals surface area contributed by atoms with Gasteiger partial charge in [-0.1, -0.05) is 291 Å². The van der Waals surface area contributed by atoms with Gasteiger partial charge in [0.2, 0.25) is 17.3 Å². The van der Waals surface area contributed by atoms with E-state index in [4.69, 9.17) is 5.11 Å². The second-order valence-electron chi connectivity index (χ2n) is 24.5. The molecule has 0 unspecified atom stereocenters. The predicted molar refractivity (Wildman–Crippen MR) is 408 cm³/mol. The molecule has 0 atom stereocenters. The maximum absolute atomic E-state index is 14.7. The minimum atomic E-state index is -5.42. The molecule has 0 saturated carbocycles. The van der Waals surface area contributed by atoms with Crippen molar-refractivity contribution in [2.45, 2.75) is 50.2 Å². The number of alkyl halides is 21. The fraction of sp³-hybridized carbons (Fsp3) is 0.0941. The molecule has 0 bridgehead atoms. The molecule has 10 nitrogen and oxygen atoms in total. The Hall–Kier alpha value is -10.6. The molecule has 12 aromatic carbocycles. The molecule has 0 aliphatic heterocycles. The van der Waals surface area contributed by atoms with Crippen LogP contribution in [0.4, 0.5) is 92.2 Å². The van der Waals surface area contributed by atoms with Crippen molar-refractivity contribution in [2.24, 2.45) is 0 Å². The molecule has 120 heavy (non-hydrogen) atoms. The number of hydrogen-bond donors (Lipinski definition) is 1. The minimum Gasteiger partial charge on any atom is -0.504 e. The molecule has 0 amide bonds. The third kappa shape index (κ3) is 26.7. The molecule has 0 spiro atoms. The Morgan fingerprint density at radius 1 is 0.267 bits per heavy atom. The van der Waals surface area contributed by atoms with Crippen LogP contribution in [0.2, 0.25) is 0 Å². The Morgan fingerprint density at radius 2 is 0.458 bits per heavy atom. The second-order valence-corrected chi connectivity index (χ2v) is 32.7. The largest absolute Gasteiger partial charge is 0.573 e. The van der Waals surface area contributed by atoms with Crippen molar-refractivity contribution in [3.63, 3.8) is 0 Å². The second kappa shape index (κ2) is 41.1. The molecule has 1 radical (unpaired) electrons. The van der Waals surface area contributed by atoms with Gasteiger partial charge in [-0.25, -0.2) is 0 Å². The Kier molecular flexibility index (Phi) is 33.1. The van der Waals surface area contributed by atoms with Crippen LogP contribution in [0.25, 0.3) is 33.4 Å². The zero-order chi connectivity index (χ0) is 87.4. The van der Waals surface area contributed by atoms with Gasteiger partial charge in [0.1, 0.15) is 17.2 Å². The third-order valence-electron chi connectivity index (χ3n) is 16.4. The van der Waals surface area contributed by atoms with Crippen molar-refractivity contribution < 1.29 is 189 Å². The quantitative estimate of drug-likeness (QED) is 0.0289. The van der Waals surface area contributed by atoms with E-state index in [9.17, 15) is 120 Å². The number of rotatable bonds is 18. The van der Waals surface area contributed by atoms with Crippen LogP contribution in [-0.2, 0) is 28.1 Å². The Morgan fingerprint density at radius 3 is 0.633 bits per heavy atom. The molecule has 12 rings (SSSR count). The molecule has 0 aromatic heterocycles. The summed E-state index contributed by atoms with van der Waals surface area (Å²) in [6, 6.07) is 94.0. The summed E-state index contributed by atoms with van der Waals surface area (Å²) in [6.45, 7) is 0. The summed E-state index contributed by atoms with van der Waals surface area (Å²) in [7, 11) is -9.71. The number of aliphatic hydroxyl groups is 1. The molecule has 35 heteroatoms. The van der Waals surface area contributed by atoms with E-state index in [2.05, 4.69) is 14.2 Å². The van der Waals surface area contributed by atoms with E-state index in [-0.39, 0.29) is 66.6 Å². The van der Waals surface area contributed by atoms with Crippen LogP contribution in [0.1, 0.15) is 6.42 Å². The number of halogens is 21. The summed E-state index contributed by atoms with van der Waals surface area (Å²) in [6.07, 6.45) is -38.9. The van der Waals surface area contributed by atoms with Crippen LogP contribution in [-0.4, -0.2) is 66.2 Å². The topological polar surface area (TPSA) is 150 Å². The predicted octanol–water partition coefficient (Wildman–Crippen LogP) is 21.4. The molecule has 0 aliphatic carbocycles. The van der Waals surface area contributed by atoms with Crippen LogP contribution < -0.4 is 62.0 Å². The van der Waals surface area contributed by atoms with Gasteiger partial charge in [-0.3, -0.25) is 14.4 Å². The molecule has 0 heterocycles. The molecule has 12 aromatic rings. The molecular formula is C85H58EuF21O10P3. The van der Waals surface area contributed by atoms with Gasteiger partial charge in [0.25, 0.3) is 5.78 Å². The summed E-state index contributed by atoms with van der Waals surface area (Å²) >= 11 is 0. The van der Waals surface area contributed by atoms with Gasteiger partial charge in [-0.15, -0.1) is 39.5 Å². The summed E-state index contributed by atoms with van der Waals surface area (Å²) in [5, 5.41) is 13.9. The van der Waals surface area contributed by atoms with Gasteiger partial charge in [0.15, 0.2) is 21.4 Å².